The molecule has 1 aromatic carbocycles. The molecule has 1 aromatic heterocycles. The van der Waals surface area contributed by atoms with E-state index in [1.807, 2.05) is 6.92 Å². The van der Waals surface area contributed by atoms with Crippen LogP contribution in [-0.4, -0.2) is 29.0 Å². The normalized spacial score (nSPS) is 10.4. The largest absolute Gasteiger partial charge is 0.378 e. The van der Waals surface area contributed by atoms with Crippen molar-refractivity contribution in [2.75, 3.05) is 19.5 Å². The van der Waals surface area contributed by atoms with Crippen molar-refractivity contribution in [1.82, 2.24) is 9.97 Å². The highest BCUT2D eigenvalue weighted by atomic mass is 16.6. The quantitative estimate of drug-likeness (QED) is 0.671. The molecule has 2 rings (SSSR count). The van der Waals surface area contributed by atoms with Gasteiger partial charge in [-0.1, -0.05) is 6.07 Å². The first kappa shape index (κ1) is 14.9. The molecule has 0 aliphatic carbocycles. The van der Waals surface area contributed by atoms with E-state index in [4.69, 9.17) is 4.74 Å². The van der Waals surface area contributed by atoms with Gasteiger partial charge in [-0.3, -0.25) is 10.1 Å². The summed E-state index contributed by atoms with van der Waals surface area (Å²) in [6.45, 7) is 2.21. The number of aromatic nitrogens is 2. The van der Waals surface area contributed by atoms with E-state index in [1.165, 1.54) is 12.1 Å². The fraction of sp³-hybridized carbons (Fsp3) is 0.286. The summed E-state index contributed by atoms with van der Waals surface area (Å²) in [5.41, 5.74) is 2.23. The number of nitro benzene ring substituents is 1. The van der Waals surface area contributed by atoms with E-state index in [9.17, 15) is 10.1 Å². The Morgan fingerprint density at radius 3 is 2.71 bits per heavy atom. The third-order valence-electron chi connectivity index (χ3n) is 3.00. The highest BCUT2D eigenvalue weighted by molar-refractivity contribution is 5.65. The predicted octanol–water partition coefficient (Wildman–Crippen LogP) is 2.55. The molecule has 0 saturated carbocycles. The average molecular weight is 288 g/mol. The molecule has 0 bridgehead atoms. The molecule has 0 fully saturated rings. The van der Waals surface area contributed by atoms with Crippen molar-refractivity contribution < 1.29 is 9.66 Å². The Morgan fingerprint density at radius 2 is 2.10 bits per heavy atom. The minimum atomic E-state index is -0.430. The van der Waals surface area contributed by atoms with E-state index in [0.29, 0.717) is 29.5 Å². The van der Waals surface area contributed by atoms with Gasteiger partial charge in [-0.2, -0.15) is 0 Å². The third kappa shape index (κ3) is 3.32. The number of nitrogens with zero attached hydrogens (tertiary/aromatic N) is 3. The van der Waals surface area contributed by atoms with Gasteiger partial charge >= 0.3 is 0 Å². The van der Waals surface area contributed by atoms with E-state index in [0.717, 1.165) is 5.56 Å². The summed E-state index contributed by atoms with van der Waals surface area (Å²) in [4.78, 5) is 19.3. The summed E-state index contributed by atoms with van der Waals surface area (Å²) < 4.78 is 5.08. The van der Waals surface area contributed by atoms with Gasteiger partial charge in [0.2, 0.25) is 0 Å². The SMILES string of the molecule is CNc1cc(COC)nc(-c2cc([N+](=O)[O-])ccc2C)n1. The molecule has 0 aliphatic heterocycles. The molecule has 1 heterocycles. The van der Waals surface area contributed by atoms with E-state index in [-0.39, 0.29) is 5.69 Å². The van der Waals surface area contributed by atoms with E-state index in [1.54, 1.807) is 26.3 Å². The first-order valence-electron chi connectivity index (χ1n) is 6.35. The number of aryl methyl sites for hydroxylation is 1. The van der Waals surface area contributed by atoms with Gasteiger partial charge in [-0.05, 0) is 12.5 Å². The molecule has 1 N–H and O–H groups in total. The van der Waals surface area contributed by atoms with Crippen molar-refractivity contribution in [3.63, 3.8) is 0 Å². The van der Waals surface area contributed by atoms with Crippen molar-refractivity contribution in [2.24, 2.45) is 0 Å². The van der Waals surface area contributed by atoms with Gasteiger partial charge in [0.1, 0.15) is 5.82 Å². The zero-order chi connectivity index (χ0) is 15.4. The van der Waals surface area contributed by atoms with Crippen LogP contribution in [0.3, 0.4) is 0 Å². The molecule has 7 heteroatoms. The Hall–Kier alpha value is -2.54. The minimum absolute atomic E-state index is 0.0161. The van der Waals surface area contributed by atoms with Gasteiger partial charge in [0, 0.05) is 37.9 Å². The predicted molar refractivity (Wildman–Crippen MR) is 79.1 cm³/mol. The van der Waals surface area contributed by atoms with Crippen LogP contribution in [-0.2, 0) is 11.3 Å². The fourth-order valence-electron chi connectivity index (χ4n) is 1.93. The number of nitro groups is 1. The first-order chi connectivity index (χ1) is 10.0. The zero-order valence-electron chi connectivity index (χ0n) is 12.1. The van der Waals surface area contributed by atoms with Gasteiger partial charge in [-0.15, -0.1) is 0 Å². The van der Waals surface area contributed by atoms with Crippen LogP contribution in [0, 0.1) is 17.0 Å². The molecular formula is C14H16N4O3. The van der Waals surface area contributed by atoms with E-state index < -0.39 is 4.92 Å². The first-order valence-corrected chi connectivity index (χ1v) is 6.35. The second-order valence-electron chi connectivity index (χ2n) is 4.51. The van der Waals surface area contributed by atoms with Crippen molar-refractivity contribution in [2.45, 2.75) is 13.5 Å². The maximum atomic E-state index is 10.9. The zero-order valence-corrected chi connectivity index (χ0v) is 12.1. The van der Waals surface area contributed by atoms with Crippen LogP contribution in [0.2, 0.25) is 0 Å². The van der Waals surface area contributed by atoms with Crippen molar-refractivity contribution in [1.29, 1.82) is 0 Å². The standard InChI is InChI=1S/C14H16N4O3/c1-9-4-5-11(18(19)20)7-12(9)14-16-10(8-21-3)6-13(15-2)17-14/h4-7H,8H2,1-3H3,(H,15,16,17). The lowest BCUT2D eigenvalue weighted by Gasteiger charge is -2.09. The van der Waals surface area contributed by atoms with Gasteiger partial charge in [0.05, 0.1) is 17.2 Å². The van der Waals surface area contributed by atoms with Gasteiger partial charge < -0.3 is 10.1 Å². The van der Waals surface area contributed by atoms with Crippen LogP contribution in [0.25, 0.3) is 11.4 Å². The molecule has 0 atom stereocenters. The van der Waals surface area contributed by atoms with Gasteiger partial charge in [0.15, 0.2) is 5.82 Å². The number of ether oxygens (including phenoxy) is 1. The maximum absolute atomic E-state index is 10.9. The van der Waals surface area contributed by atoms with Crippen molar-refractivity contribution in [3.8, 4) is 11.4 Å². The number of hydrogen-bond acceptors (Lipinski definition) is 6. The van der Waals surface area contributed by atoms with Gasteiger partial charge in [0.25, 0.3) is 5.69 Å². The molecule has 0 saturated heterocycles. The van der Waals surface area contributed by atoms with Crippen LogP contribution in [0.4, 0.5) is 11.5 Å². The molecule has 21 heavy (non-hydrogen) atoms. The molecule has 0 aliphatic rings. The molecule has 0 unspecified atom stereocenters. The average Bonchev–Trinajstić information content (AvgIpc) is 2.47. The Kier molecular flexibility index (Phi) is 4.44. The Labute approximate surface area is 122 Å². The highest BCUT2D eigenvalue weighted by Crippen LogP contribution is 2.26. The fourth-order valence-corrected chi connectivity index (χ4v) is 1.93. The maximum Gasteiger partial charge on any atom is 0.270 e. The number of methoxy groups -OCH3 is 1. The number of non-ortho nitro benzene ring substituents is 1. The molecule has 0 spiro atoms. The Balaban J connectivity index is 2.57. The lowest BCUT2D eigenvalue weighted by molar-refractivity contribution is -0.384. The van der Waals surface area contributed by atoms with E-state index in [2.05, 4.69) is 15.3 Å². The summed E-state index contributed by atoms with van der Waals surface area (Å²) in [7, 11) is 3.34. The van der Waals surface area contributed by atoms with Crippen LogP contribution in [0.5, 0.6) is 0 Å². The number of hydrogen-bond donors (Lipinski definition) is 1. The number of nitrogens with one attached hydrogen (secondary N) is 1. The highest BCUT2D eigenvalue weighted by Gasteiger charge is 2.14. The third-order valence-corrected chi connectivity index (χ3v) is 3.00. The van der Waals surface area contributed by atoms with Crippen LogP contribution in [0.15, 0.2) is 24.3 Å². The molecule has 7 nitrogen and oxygen atoms in total. The Morgan fingerprint density at radius 1 is 1.33 bits per heavy atom. The van der Waals surface area contributed by atoms with Crippen molar-refractivity contribution in [3.05, 3.63) is 45.6 Å². The lowest BCUT2D eigenvalue weighted by atomic mass is 10.1. The number of rotatable bonds is 5. The monoisotopic (exact) mass is 288 g/mol. The summed E-state index contributed by atoms with van der Waals surface area (Å²) in [6, 6.07) is 6.43. The summed E-state index contributed by atoms with van der Waals surface area (Å²) >= 11 is 0. The second-order valence-corrected chi connectivity index (χ2v) is 4.51. The number of benzene rings is 1. The smallest absolute Gasteiger partial charge is 0.270 e. The van der Waals surface area contributed by atoms with E-state index >= 15 is 0 Å². The van der Waals surface area contributed by atoms with Crippen LogP contribution < -0.4 is 5.32 Å². The lowest BCUT2D eigenvalue weighted by Crippen LogP contribution is -2.03. The molecular weight excluding hydrogens is 272 g/mol. The number of anilines is 1. The minimum Gasteiger partial charge on any atom is -0.378 e. The summed E-state index contributed by atoms with van der Waals surface area (Å²) in [5.74, 6) is 1.08. The summed E-state index contributed by atoms with van der Waals surface area (Å²) in [6.07, 6.45) is 0. The topological polar surface area (TPSA) is 90.2 Å². The molecule has 0 amide bonds. The second kappa shape index (κ2) is 6.27. The molecule has 110 valence electrons. The summed E-state index contributed by atoms with van der Waals surface area (Å²) in [5, 5.41) is 13.9. The molecule has 2 aromatic rings. The Bertz CT molecular complexity index is 673. The van der Waals surface area contributed by atoms with Crippen molar-refractivity contribution >= 4 is 11.5 Å². The van der Waals surface area contributed by atoms with Crippen LogP contribution >= 0.6 is 0 Å². The van der Waals surface area contributed by atoms with Gasteiger partial charge in [-0.25, -0.2) is 9.97 Å². The van der Waals surface area contributed by atoms with Crippen LogP contribution in [0.1, 0.15) is 11.3 Å². The molecule has 0 radical (unpaired) electrons.